The molecule has 0 spiro atoms. The van der Waals surface area contributed by atoms with Crippen molar-refractivity contribution >= 4 is 21.5 Å². The zero-order chi connectivity index (χ0) is 11.8. The molecule has 16 heavy (non-hydrogen) atoms. The molecule has 0 bridgehead atoms. The van der Waals surface area contributed by atoms with Crippen LogP contribution in [0.15, 0.2) is 28.7 Å². The van der Waals surface area contributed by atoms with Crippen LogP contribution in [0, 0.1) is 0 Å². The maximum atomic E-state index is 3.68. The third-order valence-corrected chi connectivity index (χ3v) is 4.09. The second-order valence-electron chi connectivity index (χ2n) is 4.81. The van der Waals surface area contributed by atoms with E-state index in [1.54, 1.807) is 0 Å². The van der Waals surface area contributed by atoms with Crippen LogP contribution in [0.2, 0.25) is 0 Å². The van der Waals surface area contributed by atoms with Crippen molar-refractivity contribution in [2.75, 3.05) is 7.05 Å². The fourth-order valence-corrected chi connectivity index (χ4v) is 2.88. The maximum absolute atomic E-state index is 3.68. The molecule has 0 saturated heterocycles. The Labute approximate surface area is 106 Å². The topological polar surface area (TPSA) is 12.0 Å². The highest BCUT2D eigenvalue weighted by Gasteiger charge is 2.27. The van der Waals surface area contributed by atoms with E-state index >= 15 is 0 Å². The Morgan fingerprint density at radius 2 is 2.06 bits per heavy atom. The summed E-state index contributed by atoms with van der Waals surface area (Å²) in [4.78, 5) is 0. The highest BCUT2D eigenvalue weighted by atomic mass is 79.9. The molecular weight excluding hydrogens is 262 g/mol. The van der Waals surface area contributed by atoms with Crippen molar-refractivity contribution in [1.29, 1.82) is 0 Å². The number of likely N-dealkylation sites (N-methyl/N-ethyl adjacent to an activating group) is 1. The number of hydrogen-bond donors (Lipinski definition) is 1. The van der Waals surface area contributed by atoms with Crippen LogP contribution in [0.25, 0.3) is 5.57 Å². The second kappa shape index (κ2) is 4.34. The van der Waals surface area contributed by atoms with Gasteiger partial charge in [-0.3, -0.25) is 0 Å². The van der Waals surface area contributed by atoms with Crippen LogP contribution in [-0.4, -0.2) is 12.6 Å². The quantitative estimate of drug-likeness (QED) is 0.869. The van der Waals surface area contributed by atoms with Crippen molar-refractivity contribution in [2.24, 2.45) is 0 Å². The van der Waals surface area contributed by atoms with E-state index in [-0.39, 0.29) is 5.54 Å². The molecule has 0 aliphatic heterocycles. The van der Waals surface area contributed by atoms with E-state index in [4.69, 9.17) is 0 Å². The van der Waals surface area contributed by atoms with Gasteiger partial charge in [0.2, 0.25) is 0 Å². The van der Waals surface area contributed by atoms with Crippen LogP contribution in [0.4, 0.5) is 0 Å². The SMILES string of the molecule is CNC(C)(C)C1=CCCc2cccc(Br)c21. The Morgan fingerprint density at radius 1 is 1.31 bits per heavy atom. The Morgan fingerprint density at radius 3 is 2.75 bits per heavy atom. The summed E-state index contributed by atoms with van der Waals surface area (Å²) in [5.41, 5.74) is 4.27. The summed E-state index contributed by atoms with van der Waals surface area (Å²) in [6.45, 7) is 4.46. The zero-order valence-electron chi connectivity index (χ0n) is 10.1. The van der Waals surface area contributed by atoms with Crippen molar-refractivity contribution in [3.05, 3.63) is 39.9 Å². The van der Waals surface area contributed by atoms with E-state index in [2.05, 4.69) is 59.4 Å². The van der Waals surface area contributed by atoms with Gasteiger partial charge in [0.1, 0.15) is 0 Å². The summed E-state index contributed by atoms with van der Waals surface area (Å²) in [6, 6.07) is 6.49. The number of benzene rings is 1. The molecule has 0 radical (unpaired) electrons. The van der Waals surface area contributed by atoms with Gasteiger partial charge in [-0.1, -0.05) is 34.1 Å². The zero-order valence-corrected chi connectivity index (χ0v) is 11.7. The second-order valence-corrected chi connectivity index (χ2v) is 5.66. The number of hydrogen-bond acceptors (Lipinski definition) is 1. The van der Waals surface area contributed by atoms with Gasteiger partial charge >= 0.3 is 0 Å². The highest BCUT2D eigenvalue weighted by molar-refractivity contribution is 9.10. The standard InChI is InChI=1S/C14H18BrN/c1-14(2,16-3)11-8-4-6-10-7-5-9-12(15)13(10)11/h5,7-9,16H,4,6H2,1-3H3. The number of fused-ring (bicyclic) bond motifs is 1. The fraction of sp³-hybridized carbons (Fsp3) is 0.429. The molecule has 1 aromatic rings. The molecule has 1 nitrogen and oxygen atoms in total. The van der Waals surface area contributed by atoms with E-state index in [0.717, 1.165) is 12.8 Å². The molecule has 0 heterocycles. The maximum Gasteiger partial charge on any atom is 0.0378 e. The summed E-state index contributed by atoms with van der Waals surface area (Å²) in [6.07, 6.45) is 4.66. The van der Waals surface area contributed by atoms with E-state index in [0.29, 0.717) is 0 Å². The first-order chi connectivity index (χ1) is 7.56. The van der Waals surface area contributed by atoms with Crippen molar-refractivity contribution in [3.8, 4) is 0 Å². The monoisotopic (exact) mass is 279 g/mol. The molecule has 1 aliphatic rings. The van der Waals surface area contributed by atoms with Gasteiger partial charge in [-0.2, -0.15) is 0 Å². The number of aryl methyl sites for hydroxylation is 1. The molecular formula is C14H18BrN. The molecule has 0 unspecified atom stereocenters. The minimum atomic E-state index is 0.0268. The number of nitrogens with one attached hydrogen (secondary N) is 1. The van der Waals surface area contributed by atoms with Crippen LogP contribution in [0.3, 0.4) is 0 Å². The lowest BCUT2D eigenvalue weighted by molar-refractivity contribution is 0.541. The summed E-state index contributed by atoms with van der Waals surface area (Å²) < 4.78 is 1.21. The van der Waals surface area contributed by atoms with Crippen LogP contribution in [0.1, 0.15) is 31.4 Å². The fourth-order valence-electron chi connectivity index (χ4n) is 2.26. The van der Waals surface area contributed by atoms with Crippen LogP contribution in [0.5, 0.6) is 0 Å². The third kappa shape index (κ3) is 1.96. The summed E-state index contributed by atoms with van der Waals surface area (Å²) in [5, 5.41) is 3.39. The van der Waals surface area contributed by atoms with Gasteiger partial charge in [0.05, 0.1) is 0 Å². The van der Waals surface area contributed by atoms with E-state index in [9.17, 15) is 0 Å². The number of allylic oxidation sites excluding steroid dienone is 1. The average molecular weight is 280 g/mol. The average Bonchev–Trinajstić information content (AvgIpc) is 2.29. The molecule has 1 N–H and O–H groups in total. The molecule has 0 saturated carbocycles. The molecule has 2 rings (SSSR count). The molecule has 1 aromatic carbocycles. The lowest BCUT2D eigenvalue weighted by atomic mass is 9.81. The minimum Gasteiger partial charge on any atom is -0.311 e. The first-order valence-electron chi connectivity index (χ1n) is 5.73. The lowest BCUT2D eigenvalue weighted by Crippen LogP contribution is -2.38. The van der Waals surface area contributed by atoms with Gasteiger partial charge in [-0.05, 0) is 56.5 Å². The predicted octanol–water partition coefficient (Wildman–Crippen LogP) is 3.78. The first-order valence-corrected chi connectivity index (χ1v) is 6.53. The van der Waals surface area contributed by atoms with Crippen LogP contribution >= 0.6 is 15.9 Å². The van der Waals surface area contributed by atoms with Crippen molar-refractivity contribution in [2.45, 2.75) is 32.2 Å². The third-order valence-electron chi connectivity index (χ3n) is 3.43. The molecule has 0 amide bonds. The molecule has 2 heteroatoms. The Bertz CT molecular complexity index is 432. The van der Waals surface area contributed by atoms with Gasteiger partial charge in [0.15, 0.2) is 0 Å². The van der Waals surface area contributed by atoms with E-state index in [1.807, 2.05) is 7.05 Å². The molecule has 0 fully saturated rings. The molecule has 0 aromatic heterocycles. The van der Waals surface area contributed by atoms with Crippen molar-refractivity contribution in [1.82, 2.24) is 5.32 Å². The van der Waals surface area contributed by atoms with E-state index < -0.39 is 0 Å². The van der Waals surface area contributed by atoms with Gasteiger partial charge < -0.3 is 5.32 Å². The molecule has 0 atom stereocenters. The van der Waals surface area contributed by atoms with Gasteiger partial charge in [0, 0.05) is 10.0 Å². The molecule has 1 aliphatic carbocycles. The predicted molar refractivity (Wildman–Crippen MR) is 73.6 cm³/mol. The Hall–Kier alpha value is -0.600. The van der Waals surface area contributed by atoms with Gasteiger partial charge in [-0.25, -0.2) is 0 Å². The number of rotatable bonds is 2. The van der Waals surface area contributed by atoms with Crippen LogP contribution in [-0.2, 0) is 6.42 Å². The van der Waals surface area contributed by atoms with Gasteiger partial charge in [0.25, 0.3) is 0 Å². The Kier molecular flexibility index (Phi) is 3.22. The minimum absolute atomic E-state index is 0.0268. The lowest BCUT2D eigenvalue weighted by Gasteiger charge is -2.32. The van der Waals surface area contributed by atoms with E-state index in [1.165, 1.54) is 21.2 Å². The van der Waals surface area contributed by atoms with Crippen LogP contribution < -0.4 is 5.32 Å². The van der Waals surface area contributed by atoms with Crippen molar-refractivity contribution in [3.63, 3.8) is 0 Å². The normalized spacial score (nSPS) is 15.6. The smallest absolute Gasteiger partial charge is 0.0378 e. The summed E-state index contributed by atoms with van der Waals surface area (Å²) in [5.74, 6) is 0. The number of halogens is 1. The summed E-state index contributed by atoms with van der Waals surface area (Å²) >= 11 is 3.68. The van der Waals surface area contributed by atoms with Crippen molar-refractivity contribution < 1.29 is 0 Å². The van der Waals surface area contributed by atoms with Gasteiger partial charge in [-0.15, -0.1) is 0 Å². The Balaban J connectivity index is 2.56. The largest absolute Gasteiger partial charge is 0.311 e. The molecule has 86 valence electrons. The highest BCUT2D eigenvalue weighted by Crippen LogP contribution is 2.38. The summed E-state index contributed by atoms with van der Waals surface area (Å²) in [7, 11) is 2.02. The first kappa shape index (κ1) is 11.9.